The third-order valence-corrected chi connectivity index (χ3v) is 4.17. The molecule has 0 saturated heterocycles. The van der Waals surface area contributed by atoms with Gasteiger partial charge in [0.15, 0.2) is 0 Å². The first-order valence-electron chi connectivity index (χ1n) is 5.98. The van der Waals surface area contributed by atoms with Crippen molar-refractivity contribution in [3.63, 3.8) is 0 Å². The van der Waals surface area contributed by atoms with E-state index >= 15 is 0 Å². The number of thiazole rings is 1. The minimum Gasteiger partial charge on any atom is -0.289 e. The van der Waals surface area contributed by atoms with Crippen LogP contribution in [0.15, 0.2) is 28.7 Å². The van der Waals surface area contributed by atoms with E-state index in [9.17, 15) is 13.2 Å². The molecule has 1 aromatic heterocycles. The van der Waals surface area contributed by atoms with E-state index < -0.39 is 12.1 Å². The SMILES string of the molecule is FC(F)(F)C1CCC(c2ccc3scnc3c2)=NC1. The highest BCUT2D eigenvalue weighted by molar-refractivity contribution is 7.16. The molecule has 1 aliphatic heterocycles. The van der Waals surface area contributed by atoms with Crippen LogP contribution < -0.4 is 0 Å². The highest BCUT2D eigenvalue weighted by Crippen LogP contribution is 2.33. The lowest BCUT2D eigenvalue weighted by molar-refractivity contribution is -0.173. The molecule has 6 heteroatoms. The van der Waals surface area contributed by atoms with E-state index in [1.54, 1.807) is 16.8 Å². The second kappa shape index (κ2) is 4.59. The van der Waals surface area contributed by atoms with Gasteiger partial charge in [0.2, 0.25) is 0 Å². The van der Waals surface area contributed by atoms with Crippen LogP contribution in [0.3, 0.4) is 0 Å². The first-order chi connectivity index (χ1) is 9.04. The van der Waals surface area contributed by atoms with E-state index in [-0.39, 0.29) is 13.0 Å². The summed E-state index contributed by atoms with van der Waals surface area (Å²) in [5.74, 6) is -1.29. The van der Waals surface area contributed by atoms with E-state index in [0.717, 1.165) is 21.5 Å². The summed E-state index contributed by atoms with van der Waals surface area (Å²) in [4.78, 5) is 8.32. The fourth-order valence-corrected chi connectivity index (χ4v) is 2.90. The lowest BCUT2D eigenvalue weighted by Crippen LogP contribution is -2.29. The van der Waals surface area contributed by atoms with E-state index in [1.165, 1.54) is 0 Å². The summed E-state index contributed by atoms with van der Waals surface area (Å²) >= 11 is 1.55. The number of nitrogens with zero attached hydrogens (tertiary/aromatic N) is 2. The minimum atomic E-state index is -4.13. The van der Waals surface area contributed by atoms with Gasteiger partial charge >= 0.3 is 6.18 Å². The first-order valence-corrected chi connectivity index (χ1v) is 6.85. The molecular formula is C13H11F3N2S. The molecule has 0 spiro atoms. The Bertz CT molecular complexity index is 630. The van der Waals surface area contributed by atoms with Gasteiger partial charge in [-0.25, -0.2) is 4.98 Å². The monoisotopic (exact) mass is 284 g/mol. The quantitative estimate of drug-likeness (QED) is 0.775. The number of benzene rings is 1. The van der Waals surface area contributed by atoms with Crippen LogP contribution >= 0.6 is 11.3 Å². The van der Waals surface area contributed by atoms with Crippen molar-refractivity contribution in [3.8, 4) is 0 Å². The summed E-state index contributed by atoms with van der Waals surface area (Å²) in [6, 6.07) is 5.76. The average Bonchev–Trinajstić information content (AvgIpc) is 2.85. The summed E-state index contributed by atoms with van der Waals surface area (Å²) in [6.07, 6.45) is -3.63. The van der Waals surface area contributed by atoms with Crippen LogP contribution in [-0.2, 0) is 0 Å². The molecule has 0 amide bonds. The summed E-state index contributed by atoms with van der Waals surface area (Å²) in [5.41, 5.74) is 4.29. The Morgan fingerprint density at radius 3 is 2.79 bits per heavy atom. The minimum absolute atomic E-state index is 0.122. The summed E-state index contributed by atoms with van der Waals surface area (Å²) in [6.45, 7) is -0.159. The van der Waals surface area contributed by atoms with Crippen LogP contribution in [0.25, 0.3) is 10.2 Å². The Labute approximate surface area is 112 Å². The van der Waals surface area contributed by atoms with E-state index in [1.807, 2.05) is 18.2 Å². The maximum Gasteiger partial charge on any atom is 0.393 e. The molecule has 2 nitrogen and oxygen atoms in total. The van der Waals surface area contributed by atoms with E-state index in [4.69, 9.17) is 0 Å². The van der Waals surface area contributed by atoms with Crippen LogP contribution in [0.4, 0.5) is 13.2 Å². The van der Waals surface area contributed by atoms with Gasteiger partial charge in [0, 0.05) is 5.71 Å². The number of hydrogen-bond donors (Lipinski definition) is 0. The number of alkyl halides is 3. The highest BCUT2D eigenvalue weighted by Gasteiger charge is 2.40. The number of aliphatic imine (C=N–C) groups is 1. The predicted molar refractivity (Wildman–Crippen MR) is 69.8 cm³/mol. The van der Waals surface area contributed by atoms with Gasteiger partial charge in [-0.1, -0.05) is 6.07 Å². The second-order valence-electron chi connectivity index (χ2n) is 4.60. The Morgan fingerprint density at radius 2 is 2.11 bits per heavy atom. The zero-order valence-electron chi connectivity index (χ0n) is 9.94. The predicted octanol–water partition coefficient (Wildman–Crippen LogP) is 4.06. The zero-order chi connectivity index (χ0) is 13.5. The van der Waals surface area contributed by atoms with Gasteiger partial charge in [0.25, 0.3) is 0 Å². The molecule has 2 heterocycles. The first kappa shape index (κ1) is 12.6. The van der Waals surface area contributed by atoms with Crippen molar-refractivity contribution in [1.29, 1.82) is 0 Å². The summed E-state index contributed by atoms with van der Waals surface area (Å²) in [7, 11) is 0. The van der Waals surface area contributed by atoms with Crippen LogP contribution in [-0.4, -0.2) is 23.4 Å². The maximum atomic E-state index is 12.6. The molecule has 2 aromatic rings. The number of halogens is 3. The maximum absolute atomic E-state index is 12.6. The number of rotatable bonds is 1. The third-order valence-electron chi connectivity index (χ3n) is 3.36. The lowest BCUT2D eigenvalue weighted by atomic mass is 9.94. The van der Waals surface area contributed by atoms with Crippen molar-refractivity contribution in [2.24, 2.45) is 10.9 Å². The molecule has 1 atom stereocenters. The Morgan fingerprint density at radius 1 is 1.26 bits per heavy atom. The van der Waals surface area contributed by atoms with Crippen LogP contribution in [0.2, 0.25) is 0 Å². The molecule has 0 N–H and O–H groups in total. The topological polar surface area (TPSA) is 25.2 Å². The largest absolute Gasteiger partial charge is 0.393 e. The Kier molecular flexibility index (Phi) is 3.05. The number of hydrogen-bond acceptors (Lipinski definition) is 3. The highest BCUT2D eigenvalue weighted by atomic mass is 32.1. The van der Waals surface area contributed by atoms with Gasteiger partial charge in [0.05, 0.1) is 28.2 Å². The van der Waals surface area contributed by atoms with Gasteiger partial charge in [-0.2, -0.15) is 13.2 Å². The molecule has 0 fully saturated rings. The molecule has 3 rings (SSSR count). The molecule has 19 heavy (non-hydrogen) atoms. The van der Waals surface area contributed by atoms with E-state index in [2.05, 4.69) is 9.98 Å². The van der Waals surface area contributed by atoms with Crippen molar-refractivity contribution in [1.82, 2.24) is 4.98 Å². The van der Waals surface area contributed by atoms with Crippen molar-refractivity contribution in [3.05, 3.63) is 29.3 Å². The zero-order valence-corrected chi connectivity index (χ0v) is 10.8. The van der Waals surface area contributed by atoms with Crippen LogP contribution in [0, 0.1) is 5.92 Å². The molecule has 0 radical (unpaired) electrons. The van der Waals surface area contributed by atoms with Gasteiger partial charge in [-0.05, 0) is 30.5 Å². The van der Waals surface area contributed by atoms with Crippen molar-refractivity contribution in [2.75, 3.05) is 6.54 Å². The number of fused-ring (bicyclic) bond motifs is 1. The molecule has 0 saturated carbocycles. The normalized spacial score (nSPS) is 20.6. The molecule has 1 aliphatic rings. The third kappa shape index (κ3) is 2.49. The van der Waals surface area contributed by atoms with E-state index in [0.29, 0.717) is 6.42 Å². The Balaban J connectivity index is 1.85. The standard InChI is InChI=1S/C13H11F3N2S/c14-13(15,16)9-2-3-10(17-6-9)8-1-4-12-11(5-8)18-7-19-12/h1,4-5,7,9H,2-3,6H2. The average molecular weight is 284 g/mol. The fourth-order valence-electron chi connectivity index (χ4n) is 2.24. The Hall–Kier alpha value is -1.43. The number of aromatic nitrogens is 1. The summed E-state index contributed by atoms with van der Waals surface area (Å²) in [5, 5.41) is 0. The van der Waals surface area contributed by atoms with Crippen LogP contribution in [0.1, 0.15) is 18.4 Å². The van der Waals surface area contributed by atoms with Crippen LogP contribution in [0.5, 0.6) is 0 Å². The molecule has 0 bridgehead atoms. The second-order valence-corrected chi connectivity index (χ2v) is 5.49. The molecular weight excluding hydrogens is 273 g/mol. The molecule has 1 aromatic carbocycles. The van der Waals surface area contributed by atoms with Gasteiger partial charge in [0.1, 0.15) is 0 Å². The molecule has 100 valence electrons. The summed E-state index contributed by atoms with van der Waals surface area (Å²) < 4.78 is 38.8. The van der Waals surface area contributed by atoms with Gasteiger partial charge < -0.3 is 0 Å². The smallest absolute Gasteiger partial charge is 0.289 e. The fraction of sp³-hybridized carbons (Fsp3) is 0.385. The van der Waals surface area contributed by atoms with Crippen molar-refractivity contribution < 1.29 is 13.2 Å². The van der Waals surface area contributed by atoms with Crippen molar-refractivity contribution in [2.45, 2.75) is 19.0 Å². The lowest BCUT2D eigenvalue weighted by Gasteiger charge is -2.23. The van der Waals surface area contributed by atoms with Gasteiger partial charge in [-0.3, -0.25) is 4.99 Å². The van der Waals surface area contributed by atoms with Crippen molar-refractivity contribution >= 4 is 27.3 Å². The molecule has 0 aliphatic carbocycles. The molecule has 1 unspecified atom stereocenters. The van der Waals surface area contributed by atoms with Gasteiger partial charge in [-0.15, -0.1) is 11.3 Å².